The Hall–Kier alpha value is -1.61. The lowest BCUT2D eigenvalue weighted by Crippen LogP contribution is -2.45. The van der Waals surface area contributed by atoms with E-state index in [0.717, 1.165) is 50.8 Å². The molecule has 0 saturated carbocycles. The van der Waals surface area contributed by atoms with Crippen LogP contribution in [0.3, 0.4) is 0 Å². The molecule has 2 aliphatic rings. The summed E-state index contributed by atoms with van der Waals surface area (Å²) in [5.74, 6) is 0.286. The minimum absolute atomic E-state index is 0.120. The van der Waals surface area contributed by atoms with Gasteiger partial charge in [-0.25, -0.2) is 0 Å². The molecule has 1 unspecified atom stereocenters. The zero-order valence-electron chi connectivity index (χ0n) is 13.5. The molecule has 0 bridgehead atoms. The van der Waals surface area contributed by atoms with Crippen molar-refractivity contribution in [2.75, 3.05) is 6.54 Å². The molecule has 3 rings (SSSR count). The van der Waals surface area contributed by atoms with Crippen LogP contribution in [0.25, 0.3) is 0 Å². The molecule has 0 aromatic heterocycles. The Bertz CT molecular complexity index is 550. The maximum Gasteiger partial charge on any atom is 0.251 e. The van der Waals surface area contributed by atoms with Crippen molar-refractivity contribution in [3.05, 3.63) is 47.0 Å². The molecule has 0 radical (unpaired) electrons. The van der Waals surface area contributed by atoms with Gasteiger partial charge < -0.3 is 4.90 Å². The van der Waals surface area contributed by atoms with E-state index < -0.39 is 0 Å². The summed E-state index contributed by atoms with van der Waals surface area (Å²) < 4.78 is 0. The van der Waals surface area contributed by atoms with Crippen LogP contribution >= 0.6 is 0 Å². The Kier molecular flexibility index (Phi) is 4.94. The van der Waals surface area contributed by atoms with Gasteiger partial charge in [0.25, 0.3) is 5.91 Å². The molecule has 1 amide bonds. The lowest BCUT2D eigenvalue weighted by Gasteiger charge is -2.28. The third-order valence-electron chi connectivity index (χ3n) is 4.77. The molecule has 0 fully saturated rings. The Morgan fingerprint density at radius 1 is 1.18 bits per heavy atom. The van der Waals surface area contributed by atoms with Crippen LogP contribution < -0.4 is 5.32 Å². The van der Waals surface area contributed by atoms with Crippen LogP contribution in [0.4, 0.5) is 0 Å². The van der Waals surface area contributed by atoms with Crippen LogP contribution in [0.2, 0.25) is 0 Å². The summed E-state index contributed by atoms with van der Waals surface area (Å²) in [6.07, 6.45) is 6.76. The monoisotopic (exact) mass is 298 g/mol. The van der Waals surface area contributed by atoms with Gasteiger partial charge in [0.15, 0.2) is 0 Å². The largest absolute Gasteiger partial charge is 0.319 e. The fourth-order valence-corrected chi connectivity index (χ4v) is 3.56. The van der Waals surface area contributed by atoms with Gasteiger partial charge in [-0.15, -0.1) is 0 Å². The quantitative estimate of drug-likeness (QED) is 0.870. The van der Waals surface area contributed by atoms with Gasteiger partial charge in [-0.3, -0.25) is 10.1 Å². The SMILES string of the molecule is CCCCN1C(=O)C2=C(CCCC2)C1NCc1ccccc1. The number of benzene rings is 1. The topological polar surface area (TPSA) is 32.3 Å². The van der Waals surface area contributed by atoms with Gasteiger partial charge in [0, 0.05) is 18.7 Å². The Labute approximate surface area is 133 Å². The second-order valence-corrected chi connectivity index (χ2v) is 6.33. The van der Waals surface area contributed by atoms with E-state index in [0.29, 0.717) is 0 Å². The minimum atomic E-state index is 0.120. The number of amides is 1. The maximum atomic E-state index is 12.7. The predicted molar refractivity (Wildman–Crippen MR) is 89.2 cm³/mol. The van der Waals surface area contributed by atoms with Crippen molar-refractivity contribution in [1.82, 2.24) is 10.2 Å². The highest BCUT2D eigenvalue weighted by atomic mass is 16.2. The molecule has 1 aromatic rings. The van der Waals surface area contributed by atoms with E-state index in [2.05, 4.69) is 41.4 Å². The number of nitrogens with one attached hydrogen (secondary N) is 1. The average molecular weight is 298 g/mol. The van der Waals surface area contributed by atoms with Crippen LogP contribution in [-0.4, -0.2) is 23.5 Å². The third kappa shape index (κ3) is 3.09. The standard InChI is InChI=1S/C19H26N2O/c1-2-3-13-21-18(20-14-15-9-5-4-6-10-15)16-11-7-8-12-17(16)19(21)22/h4-6,9-10,18,20H,2-3,7-8,11-14H2,1H3. The molecule has 1 heterocycles. The first kappa shape index (κ1) is 15.3. The summed E-state index contributed by atoms with van der Waals surface area (Å²) in [6, 6.07) is 10.4. The molecule has 3 heteroatoms. The number of nitrogens with zero attached hydrogens (tertiary/aromatic N) is 1. The van der Waals surface area contributed by atoms with E-state index in [-0.39, 0.29) is 12.1 Å². The Balaban J connectivity index is 1.74. The lowest BCUT2D eigenvalue weighted by atomic mass is 9.92. The highest BCUT2D eigenvalue weighted by molar-refractivity contribution is 5.97. The molecule has 1 aliphatic heterocycles. The van der Waals surface area contributed by atoms with Gasteiger partial charge in [-0.05, 0) is 43.2 Å². The molecule has 1 aliphatic carbocycles. The Morgan fingerprint density at radius 2 is 1.95 bits per heavy atom. The molecule has 0 spiro atoms. The number of carbonyl (C=O) groups is 1. The second-order valence-electron chi connectivity index (χ2n) is 6.33. The minimum Gasteiger partial charge on any atom is -0.319 e. The first-order chi connectivity index (χ1) is 10.8. The predicted octanol–water partition coefficient (Wildman–Crippen LogP) is 3.62. The first-order valence-corrected chi connectivity index (χ1v) is 8.61. The number of hydrogen-bond acceptors (Lipinski definition) is 2. The molecular formula is C19H26N2O. The number of rotatable bonds is 6. The van der Waals surface area contributed by atoms with Crippen LogP contribution in [-0.2, 0) is 11.3 Å². The number of unbranched alkanes of at least 4 members (excludes halogenated alkanes) is 1. The fourth-order valence-electron chi connectivity index (χ4n) is 3.56. The van der Waals surface area contributed by atoms with Crippen LogP contribution in [0.5, 0.6) is 0 Å². The highest BCUT2D eigenvalue weighted by Gasteiger charge is 2.38. The lowest BCUT2D eigenvalue weighted by molar-refractivity contribution is -0.127. The molecule has 118 valence electrons. The summed E-state index contributed by atoms with van der Waals surface area (Å²) in [5.41, 5.74) is 3.74. The smallest absolute Gasteiger partial charge is 0.251 e. The zero-order valence-corrected chi connectivity index (χ0v) is 13.5. The van der Waals surface area contributed by atoms with Crippen molar-refractivity contribution >= 4 is 5.91 Å². The van der Waals surface area contributed by atoms with Crippen molar-refractivity contribution in [1.29, 1.82) is 0 Å². The van der Waals surface area contributed by atoms with Crippen molar-refractivity contribution in [3.63, 3.8) is 0 Å². The van der Waals surface area contributed by atoms with E-state index in [4.69, 9.17) is 0 Å². The van der Waals surface area contributed by atoms with Crippen LogP contribution in [0, 0.1) is 0 Å². The summed E-state index contributed by atoms with van der Waals surface area (Å²) >= 11 is 0. The fraction of sp³-hybridized carbons (Fsp3) is 0.526. The summed E-state index contributed by atoms with van der Waals surface area (Å²) in [6.45, 7) is 3.87. The molecule has 1 atom stereocenters. The van der Waals surface area contributed by atoms with Crippen molar-refractivity contribution < 1.29 is 4.79 Å². The van der Waals surface area contributed by atoms with Gasteiger partial charge in [-0.2, -0.15) is 0 Å². The summed E-state index contributed by atoms with van der Waals surface area (Å²) in [4.78, 5) is 14.8. The van der Waals surface area contributed by atoms with Gasteiger partial charge >= 0.3 is 0 Å². The molecule has 22 heavy (non-hydrogen) atoms. The van der Waals surface area contributed by atoms with Gasteiger partial charge in [-0.1, -0.05) is 43.7 Å². The molecule has 3 nitrogen and oxygen atoms in total. The van der Waals surface area contributed by atoms with Crippen molar-refractivity contribution in [2.24, 2.45) is 0 Å². The molecule has 1 N–H and O–H groups in total. The molecule has 0 saturated heterocycles. The normalized spacial score (nSPS) is 21.4. The van der Waals surface area contributed by atoms with E-state index in [9.17, 15) is 4.79 Å². The van der Waals surface area contributed by atoms with Crippen molar-refractivity contribution in [3.8, 4) is 0 Å². The average Bonchev–Trinajstić information content (AvgIpc) is 2.84. The van der Waals surface area contributed by atoms with E-state index in [1.807, 2.05) is 6.07 Å². The number of carbonyl (C=O) groups excluding carboxylic acids is 1. The highest BCUT2D eigenvalue weighted by Crippen LogP contribution is 2.35. The first-order valence-electron chi connectivity index (χ1n) is 8.61. The van der Waals surface area contributed by atoms with E-state index >= 15 is 0 Å². The van der Waals surface area contributed by atoms with Gasteiger partial charge in [0.2, 0.25) is 0 Å². The molecular weight excluding hydrogens is 272 g/mol. The van der Waals surface area contributed by atoms with Crippen molar-refractivity contribution in [2.45, 2.75) is 58.2 Å². The van der Waals surface area contributed by atoms with Gasteiger partial charge in [0.1, 0.15) is 6.17 Å². The van der Waals surface area contributed by atoms with Crippen LogP contribution in [0.1, 0.15) is 51.0 Å². The van der Waals surface area contributed by atoms with E-state index in [1.165, 1.54) is 17.6 Å². The zero-order chi connectivity index (χ0) is 15.4. The third-order valence-corrected chi connectivity index (χ3v) is 4.77. The summed E-state index contributed by atoms with van der Waals surface area (Å²) in [5, 5.41) is 3.63. The Morgan fingerprint density at radius 3 is 2.73 bits per heavy atom. The second kappa shape index (κ2) is 7.10. The van der Waals surface area contributed by atoms with E-state index in [1.54, 1.807) is 0 Å². The van der Waals surface area contributed by atoms with Crippen LogP contribution in [0.15, 0.2) is 41.5 Å². The summed E-state index contributed by atoms with van der Waals surface area (Å²) in [7, 11) is 0. The molecule has 1 aromatic carbocycles. The number of hydrogen-bond donors (Lipinski definition) is 1. The maximum absolute atomic E-state index is 12.7. The van der Waals surface area contributed by atoms with Gasteiger partial charge in [0.05, 0.1) is 0 Å².